The first kappa shape index (κ1) is 12.9. The fourth-order valence-corrected chi connectivity index (χ4v) is 3.48. The molecule has 5 heteroatoms. The predicted molar refractivity (Wildman–Crippen MR) is 72.0 cm³/mol. The average Bonchev–Trinajstić information content (AvgIpc) is 2.76. The van der Waals surface area contributed by atoms with Gasteiger partial charge in [-0.25, -0.2) is 0 Å². The van der Waals surface area contributed by atoms with Gasteiger partial charge in [0.15, 0.2) is 0 Å². The third kappa shape index (κ3) is 3.22. The second-order valence-corrected chi connectivity index (χ2v) is 6.17. The van der Waals surface area contributed by atoms with E-state index < -0.39 is 0 Å². The summed E-state index contributed by atoms with van der Waals surface area (Å²) >= 11 is 2.03. The summed E-state index contributed by atoms with van der Waals surface area (Å²) in [6.45, 7) is 1.96. The van der Waals surface area contributed by atoms with Crippen LogP contribution in [0.15, 0.2) is 6.20 Å². The van der Waals surface area contributed by atoms with Crippen molar-refractivity contribution < 1.29 is 0 Å². The number of thioether (sulfide) groups is 1. The SMILES string of the molecule is CSC1(CNCc2cnnn2C)CCCCC1. The molecule has 1 aliphatic rings. The molecule has 0 amide bonds. The van der Waals surface area contributed by atoms with Crippen molar-refractivity contribution >= 4 is 11.8 Å². The van der Waals surface area contributed by atoms with Crippen LogP contribution in [0.25, 0.3) is 0 Å². The number of nitrogens with one attached hydrogen (secondary N) is 1. The molecule has 1 aromatic rings. The van der Waals surface area contributed by atoms with Crippen LogP contribution in [0.4, 0.5) is 0 Å². The highest BCUT2D eigenvalue weighted by molar-refractivity contribution is 8.00. The molecule has 1 aliphatic carbocycles. The summed E-state index contributed by atoms with van der Waals surface area (Å²) in [4.78, 5) is 0. The van der Waals surface area contributed by atoms with Crippen molar-refractivity contribution in [3.63, 3.8) is 0 Å². The van der Waals surface area contributed by atoms with Gasteiger partial charge in [-0.15, -0.1) is 5.10 Å². The standard InChI is InChI=1S/C12H22N4S/c1-16-11(9-14-15-16)8-13-10-12(17-2)6-4-3-5-7-12/h9,13H,3-8,10H2,1-2H3. The fourth-order valence-electron chi connectivity index (χ4n) is 2.54. The molecule has 1 fully saturated rings. The molecular weight excluding hydrogens is 232 g/mol. The molecule has 0 aromatic carbocycles. The summed E-state index contributed by atoms with van der Waals surface area (Å²) in [7, 11) is 1.94. The molecule has 17 heavy (non-hydrogen) atoms. The quantitative estimate of drug-likeness (QED) is 0.872. The molecule has 1 N–H and O–H groups in total. The van der Waals surface area contributed by atoms with Crippen LogP contribution in [-0.4, -0.2) is 32.5 Å². The zero-order chi connectivity index (χ0) is 12.1. The predicted octanol–water partition coefficient (Wildman–Crippen LogP) is 1.97. The summed E-state index contributed by atoms with van der Waals surface area (Å²) in [5.74, 6) is 0. The number of aryl methyl sites for hydroxylation is 1. The van der Waals surface area contributed by atoms with E-state index in [-0.39, 0.29) is 0 Å². The highest BCUT2D eigenvalue weighted by atomic mass is 32.2. The van der Waals surface area contributed by atoms with Crippen molar-refractivity contribution in [1.82, 2.24) is 20.3 Å². The number of hydrogen-bond donors (Lipinski definition) is 1. The van der Waals surface area contributed by atoms with Gasteiger partial charge < -0.3 is 5.32 Å². The molecule has 1 heterocycles. The van der Waals surface area contributed by atoms with Crippen molar-refractivity contribution in [2.75, 3.05) is 12.8 Å². The summed E-state index contributed by atoms with van der Waals surface area (Å²) in [5.41, 5.74) is 1.15. The molecule has 0 spiro atoms. The Morgan fingerprint density at radius 2 is 2.18 bits per heavy atom. The third-order valence-corrected chi connectivity index (χ3v) is 5.18. The van der Waals surface area contributed by atoms with E-state index in [2.05, 4.69) is 21.9 Å². The van der Waals surface area contributed by atoms with E-state index >= 15 is 0 Å². The van der Waals surface area contributed by atoms with Crippen LogP contribution >= 0.6 is 11.8 Å². The van der Waals surface area contributed by atoms with E-state index in [1.54, 1.807) is 0 Å². The lowest BCUT2D eigenvalue weighted by Crippen LogP contribution is -2.39. The first-order valence-electron chi connectivity index (χ1n) is 6.35. The smallest absolute Gasteiger partial charge is 0.0738 e. The van der Waals surface area contributed by atoms with Crippen LogP contribution in [0, 0.1) is 0 Å². The van der Waals surface area contributed by atoms with Crippen LogP contribution in [-0.2, 0) is 13.6 Å². The molecular formula is C12H22N4S. The topological polar surface area (TPSA) is 42.7 Å². The second kappa shape index (κ2) is 5.87. The number of hydrogen-bond acceptors (Lipinski definition) is 4. The Morgan fingerprint density at radius 3 is 2.76 bits per heavy atom. The molecule has 0 saturated heterocycles. The van der Waals surface area contributed by atoms with Crippen LogP contribution < -0.4 is 5.32 Å². The van der Waals surface area contributed by atoms with Crippen LogP contribution in [0.3, 0.4) is 0 Å². The molecule has 0 aliphatic heterocycles. The van der Waals surface area contributed by atoms with Gasteiger partial charge >= 0.3 is 0 Å². The van der Waals surface area contributed by atoms with Crippen LogP contribution in [0.2, 0.25) is 0 Å². The molecule has 96 valence electrons. The van der Waals surface area contributed by atoms with Gasteiger partial charge in [-0.2, -0.15) is 11.8 Å². The number of nitrogens with zero attached hydrogens (tertiary/aromatic N) is 3. The Kier molecular flexibility index (Phi) is 4.45. The van der Waals surface area contributed by atoms with E-state index in [4.69, 9.17) is 0 Å². The van der Waals surface area contributed by atoms with E-state index in [1.807, 2.05) is 29.7 Å². The van der Waals surface area contributed by atoms with Crippen molar-refractivity contribution in [2.45, 2.75) is 43.4 Å². The monoisotopic (exact) mass is 254 g/mol. The summed E-state index contributed by atoms with van der Waals surface area (Å²) in [5, 5.41) is 11.4. The minimum absolute atomic E-state index is 0.463. The van der Waals surface area contributed by atoms with Gasteiger partial charge in [-0.3, -0.25) is 4.68 Å². The van der Waals surface area contributed by atoms with E-state index in [1.165, 1.54) is 32.1 Å². The first-order valence-corrected chi connectivity index (χ1v) is 7.58. The minimum Gasteiger partial charge on any atom is -0.310 e. The fraction of sp³-hybridized carbons (Fsp3) is 0.833. The van der Waals surface area contributed by atoms with Crippen LogP contribution in [0.5, 0.6) is 0 Å². The van der Waals surface area contributed by atoms with Crippen molar-refractivity contribution in [2.24, 2.45) is 7.05 Å². The molecule has 4 nitrogen and oxygen atoms in total. The summed E-state index contributed by atoms with van der Waals surface area (Å²) in [6, 6.07) is 0. The van der Waals surface area contributed by atoms with Crippen molar-refractivity contribution in [3.05, 3.63) is 11.9 Å². The molecule has 1 saturated carbocycles. The summed E-state index contributed by atoms with van der Waals surface area (Å²) < 4.78 is 2.30. The molecule has 0 unspecified atom stereocenters. The van der Waals surface area contributed by atoms with Gasteiger partial charge in [-0.1, -0.05) is 24.5 Å². The number of aromatic nitrogens is 3. The van der Waals surface area contributed by atoms with E-state index in [0.717, 1.165) is 18.8 Å². The van der Waals surface area contributed by atoms with Gasteiger partial charge in [-0.05, 0) is 19.1 Å². The molecule has 2 rings (SSSR count). The third-order valence-electron chi connectivity index (χ3n) is 3.76. The first-order chi connectivity index (χ1) is 8.26. The zero-order valence-corrected chi connectivity index (χ0v) is 11.6. The molecule has 0 atom stereocenters. The summed E-state index contributed by atoms with van der Waals surface area (Å²) in [6.07, 6.45) is 11.0. The largest absolute Gasteiger partial charge is 0.310 e. The lowest BCUT2D eigenvalue weighted by atomic mass is 9.88. The molecule has 1 aromatic heterocycles. The maximum atomic E-state index is 3.94. The maximum Gasteiger partial charge on any atom is 0.0738 e. The van der Waals surface area contributed by atoms with Gasteiger partial charge in [0.05, 0.1) is 11.9 Å². The van der Waals surface area contributed by atoms with Gasteiger partial charge in [0.2, 0.25) is 0 Å². The second-order valence-electron chi connectivity index (χ2n) is 4.90. The van der Waals surface area contributed by atoms with Gasteiger partial charge in [0.1, 0.15) is 0 Å². The number of rotatable bonds is 5. The Morgan fingerprint density at radius 1 is 1.41 bits per heavy atom. The van der Waals surface area contributed by atoms with E-state index in [9.17, 15) is 0 Å². The zero-order valence-electron chi connectivity index (χ0n) is 10.8. The lowest BCUT2D eigenvalue weighted by molar-refractivity contribution is 0.378. The Balaban J connectivity index is 1.82. The molecule has 0 bridgehead atoms. The highest BCUT2D eigenvalue weighted by Gasteiger charge is 2.30. The Bertz CT molecular complexity index is 344. The highest BCUT2D eigenvalue weighted by Crippen LogP contribution is 2.37. The van der Waals surface area contributed by atoms with Crippen molar-refractivity contribution in [3.8, 4) is 0 Å². The maximum absolute atomic E-state index is 3.94. The average molecular weight is 254 g/mol. The van der Waals surface area contributed by atoms with Gasteiger partial charge in [0, 0.05) is 24.9 Å². The van der Waals surface area contributed by atoms with Crippen LogP contribution in [0.1, 0.15) is 37.8 Å². The lowest BCUT2D eigenvalue weighted by Gasteiger charge is -2.36. The molecule has 0 radical (unpaired) electrons. The minimum atomic E-state index is 0.463. The Hall–Kier alpha value is -0.550. The Labute approximate surface area is 108 Å². The van der Waals surface area contributed by atoms with E-state index in [0.29, 0.717) is 4.75 Å². The van der Waals surface area contributed by atoms with Gasteiger partial charge in [0.25, 0.3) is 0 Å². The normalized spacial score (nSPS) is 19.4. The van der Waals surface area contributed by atoms with Crippen molar-refractivity contribution in [1.29, 1.82) is 0 Å².